The fourth-order valence-corrected chi connectivity index (χ4v) is 10.6. The molecule has 4 fully saturated rings. The van der Waals surface area contributed by atoms with Gasteiger partial charge in [-0.15, -0.1) is 0 Å². The number of rotatable bonds is 9. The van der Waals surface area contributed by atoms with E-state index in [-0.39, 0.29) is 53.1 Å². The summed E-state index contributed by atoms with van der Waals surface area (Å²) in [6, 6.07) is 18.4. The van der Waals surface area contributed by atoms with Gasteiger partial charge < -0.3 is 34.6 Å². The van der Waals surface area contributed by atoms with Crippen LogP contribution in [-0.2, 0) is 19.1 Å². The molecule has 7 atom stereocenters. The summed E-state index contributed by atoms with van der Waals surface area (Å²) in [6.45, 7) is 12.4. The molecule has 3 amide bonds. The molecule has 5 heterocycles. The summed E-state index contributed by atoms with van der Waals surface area (Å²) in [5, 5.41) is 4.97. The highest BCUT2D eigenvalue weighted by molar-refractivity contribution is 6.05. The number of imidazole rings is 2. The molecule has 4 aliphatic rings. The van der Waals surface area contributed by atoms with Crippen LogP contribution in [0.4, 0.5) is 4.79 Å². The molecule has 3 N–H and O–H groups in total. The number of nitrogens with one attached hydrogen (secondary N) is 3. The Hall–Kier alpha value is -5.23. The minimum Gasteiger partial charge on any atom is -0.453 e. The summed E-state index contributed by atoms with van der Waals surface area (Å²) in [6.07, 6.45) is 8.26. The Morgan fingerprint density at radius 1 is 0.883 bits per heavy atom. The first-order valence-corrected chi connectivity index (χ1v) is 22.1. The number of carbonyl (C=O) groups excluding carboxylic acids is 3. The number of methoxy groups -OCH3 is 1. The molecule has 0 bridgehead atoms. The molecule has 12 heteroatoms. The first kappa shape index (κ1) is 40.2. The summed E-state index contributed by atoms with van der Waals surface area (Å²) >= 11 is 0. The monoisotopic (exact) mass is 813 g/mol. The molecular formula is C48H59N7O5. The SMILES string of the molecule is COC(=O)N[C@H](C(=O)N1[C@H](c2nc3ccc4cc(-c5ccc(-c6cnc([C@@H]7C[C@@]8(CCCOC8)CN7C(=O)[C@@H](C)C(C)C)[nH]6)cc5)ccc4c3[nH]2)C[C@@H]2CCC[C@@H]21)C(C)C. The number of alkyl carbamates (subject to hydrolysis) is 1. The number of likely N-dealkylation sites (tertiary alicyclic amines) is 2. The molecule has 3 aliphatic heterocycles. The van der Waals surface area contributed by atoms with Crippen molar-refractivity contribution in [3.63, 3.8) is 0 Å². The average Bonchev–Trinajstić information content (AvgIpc) is 4.10. The molecule has 60 heavy (non-hydrogen) atoms. The third-order valence-corrected chi connectivity index (χ3v) is 14.3. The average molecular weight is 814 g/mol. The number of amides is 3. The second-order valence-electron chi connectivity index (χ2n) is 18.8. The maximum absolute atomic E-state index is 14.2. The maximum Gasteiger partial charge on any atom is 0.407 e. The smallest absolute Gasteiger partial charge is 0.407 e. The number of carbonyl (C=O) groups is 3. The van der Waals surface area contributed by atoms with Crippen LogP contribution in [0, 0.1) is 29.1 Å². The van der Waals surface area contributed by atoms with Crippen LogP contribution in [0.5, 0.6) is 0 Å². The van der Waals surface area contributed by atoms with E-state index in [9.17, 15) is 14.4 Å². The highest BCUT2D eigenvalue weighted by atomic mass is 16.5. The summed E-state index contributed by atoms with van der Waals surface area (Å²) in [7, 11) is 1.32. The van der Waals surface area contributed by atoms with Gasteiger partial charge in [0.15, 0.2) is 0 Å². The largest absolute Gasteiger partial charge is 0.453 e. The van der Waals surface area contributed by atoms with Gasteiger partial charge in [-0.05, 0) is 90.5 Å². The van der Waals surface area contributed by atoms with E-state index in [1.807, 2.05) is 31.9 Å². The van der Waals surface area contributed by atoms with Crippen molar-refractivity contribution in [1.29, 1.82) is 0 Å². The van der Waals surface area contributed by atoms with E-state index in [1.165, 1.54) is 7.11 Å². The van der Waals surface area contributed by atoms with Crippen molar-refractivity contribution in [2.75, 3.05) is 26.9 Å². The maximum atomic E-state index is 14.2. The summed E-state index contributed by atoms with van der Waals surface area (Å²) in [5.74, 6) is 2.27. The van der Waals surface area contributed by atoms with Crippen LogP contribution in [0.2, 0.25) is 0 Å². The number of fused-ring (bicyclic) bond motifs is 4. The highest BCUT2D eigenvalue weighted by Gasteiger charge is 2.50. The zero-order valence-corrected chi connectivity index (χ0v) is 35.8. The number of aromatic amines is 2. The van der Waals surface area contributed by atoms with Gasteiger partial charge in [-0.3, -0.25) is 9.59 Å². The molecule has 0 radical (unpaired) electrons. The second kappa shape index (κ2) is 16.0. The van der Waals surface area contributed by atoms with E-state index in [4.69, 9.17) is 19.4 Å². The summed E-state index contributed by atoms with van der Waals surface area (Å²) in [4.78, 5) is 61.6. The van der Waals surface area contributed by atoms with Gasteiger partial charge in [-0.2, -0.15) is 0 Å². The van der Waals surface area contributed by atoms with Gasteiger partial charge in [0.05, 0.1) is 48.7 Å². The minimum absolute atomic E-state index is 0.0189. The number of hydrogen-bond acceptors (Lipinski definition) is 7. The number of H-pyrrole nitrogens is 2. The zero-order chi connectivity index (χ0) is 41.9. The molecule has 1 saturated carbocycles. The van der Waals surface area contributed by atoms with Crippen LogP contribution in [0.25, 0.3) is 44.2 Å². The van der Waals surface area contributed by atoms with Crippen LogP contribution in [0.1, 0.15) is 103 Å². The predicted molar refractivity (Wildman–Crippen MR) is 232 cm³/mol. The molecule has 0 unspecified atom stereocenters. The van der Waals surface area contributed by atoms with Crippen molar-refractivity contribution in [2.24, 2.45) is 29.1 Å². The van der Waals surface area contributed by atoms with Gasteiger partial charge in [0.2, 0.25) is 11.8 Å². The highest BCUT2D eigenvalue weighted by Crippen LogP contribution is 2.49. The van der Waals surface area contributed by atoms with Crippen LogP contribution in [0.15, 0.2) is 60.8 Å². The van der Waals surface area contributed by atoms with Gasteiger partial charge in [0.25, 0.3) is 0 Å². The molecular weight excluding hydrogens is 755 g/mol. The van der Waals surface area contributed by atoms with E-state index in [0.717, 1.165) is 107 Å². The van der Waals surface area contributed by atoms with Gasteiger partial charge in [0, 0.05) is 35.9 Å². The Bertz CT molecular complexity index is 2390. The lowest BCUT2D eigenvalue weighted by atomic mass is 9.80. The van der Waals surface area contributed by atoms with E-state index in [0.29, 0.717) is 19.1 Å². The minimum atomic E-state index is -0.683. The van der Waals surface area contributed by atoms with Gasteiger partial charge >= 0.3 is 6.09 Å². The summed E-state index contributed by atoms with van der Waals surface area (Å²) in [5.41, 5.74) is 5.99. The van der Waals surface area contributed by atoms with Gasteiger partial charge in [0.1, 0.15) is 17.7 Å². The first-order chi connectivity index (χ1) is 28.9. The van der Waals surface area contributed by atoms with Crippen molar-refractivity contribution >= 4 is 39.7 Å². The van der Waals surface area contributed by atoms with Gasteiger partial charge in [-0.1, -0.05) is 83.5 Å². The molecule has 1 aliphatic carbocycles. The Labute approximate surface area is 352 Å². The Balaban J connectivity index is 0.950. The van der Waals surface area contributed by atoms with Crippen molar-refractivity contribution in [1.82, 2.24) is 35.1 Å². The van der Waals surface area contributed by atoms with E-state index >= 15 is 0 Å². The second-order valence-corrected chi connectivity index (χ2v) is 18.8. The normalized spacial score (nSPS) is 25.1. The van der Waals surface area contributed by atoms with Crippen molar-refractivity contribution < 1.29 is 23.9 Å². The fourth-order valence-electron chi connectivity index (χ4n) is 10.6. The predicted octanol–water partition coefficient (Wildman–Crippen LogP) is 8.96. The van der Waals surface area contributed by atoms with E-state index < -0.39 is 12.1 Å². The Morgan fingerprint density at radius 2 is 1.67 bits per heavy atom. The van der Waals surface area contributed by atoms with Crippen LogP contribution in [-0.4, -0.2) is 86.6 Å². The zero-order valence-electron chi connectivity index (χ0n) is 35.8. The van der Waals surface area contributed by atoms with Crippen molar-refractivity contribution in [2.45, 2.75) is 104 Å². The third-order valence-electron chi connectivity index (χ3n) is 14.3. The van der Waals surface area contributed by atoms with Crippen LogP contribution in [0.3, 0.4) is 0 Å². The third kappa shape index (κ3) is 7.24. The van der Waals surface area contributed by atoms with Crippen molar-refractivity contribution in [3.05, 3.63) is 72.4 Å². The van der Waals surface area contributed by atoms with E-state index in [2.05, 4.69) is 88.6 Å². The Kier molecular flexibility index (Phi) is 10.7. The van der Waals surface area contributed by atoms with Crippen LogP contribution < -0.4 is 5.32 Å². The Morgan fingerprint density at radius 3 is 2.40 bits per heavy atom. The lowest BCUT2D eigenvalue weighted by Crippen LogP contribution is -2.53. The standard InChI is InChI=1S/C48H59N7O5/c1-27(2)29(5)45(56)54-25-48(19-8-20-60-26-48)23-40(54)43-49-24-37(51-43)31-13-11-30(12-14-31)32-15-17-35-33(21-32)16-18-36-42(35)52-44(50-36)39-22-34-9-7-10-38(34)55(39)46(57)41(28(3)4)53-47(58)59-6/h11-18,21,24,27-29,34,38-41H,7-10,19-20,22-23,25-26H2,1-6H3,(H,49,51)(H,50,52)(H,53,58)/t29-,34-,38-,39-,40-,41-,48-/m0/s1. The molecule has 5 aromatic rings. The molecule has 3 aromatic carbocycles. The fraction of sp³-hybridized carbons (Fsp3) is 0.521. The van der Waals surface area contributed by atoms with Crippen LogP contribution >= 0.6 is 0 Å². The molecule has 12 nitrogen and oxygen atoms in total. The number of benzene rings is 3. The lowest BCUT2D eigenvalue weighted by Gasteiger charge is -2.33. The lowest BCUT2D eigenvalue weighted by molar-refractivity contribution is -0.138. The molecule has 2 aromatic heterocycles. The van der Waals surface area contributed by atoms with Crippen molar-refractivity contribution in [3.8, 4) is 22.4 Å². The van der Waals surface area contributed by atoms with Gasteiger partial charge in [-0.25, -0.2) is 14.8 Å². The molecule has 1 spiro atoms. The topological polar surface area (TPSA) is 146 Å². The molecule has 316 valence electrons. The number of hydrogen-bond donors (Lipinski definition) is 3. The molecule has 9 rings (SSSR count). The molecule has 3 saturated heterocycles. The number of nitrogens with zero attached hydrogens (tertiary/aromatic N) is 4. The van der Waals surface area contributed by atoms with E-state index in [1.54, 1.807) is 0 Å². The quantitative estimate of drug-likeness (QED) is 0.135. The number of ether oxygens (including phenoxy) is 2. The number of aromatic nitrogens is 4. The summed E-state index contributed by atoms with van der Waals surface area (Å²) < 4.78 is 10.8. The first-order valence-electron chi connectivity index (χ1n) is 22.1.